The molecule has 0 N–H and O–H groups in total. The van der Waals surface area contributed by atoms with E-state index in [4.69, 9.17) is 4.74 Å². The lowest BCUT2D eigenvalue weighted by Crippen LogP contribution is -2.65. The molecule has 4 fully saturated rings. The lowest BCUT2D eigenvalue weighted by atomic mass is 9.34. The number of carbonyl (C=O) groups excluding carboxylic acids is 2. The van der Waals surface area contributed by atoms with Crippen molar-refractivity contribution in [2.24, 2.45) is 50.2 Å². The molecule has 8 atom stereocenters. The van der Waals surface area contributed by atoms with Gasteiger partial charge in [0.25, 0.3) is 0 Å². The van der Waals surface area contributed by atoms with E-state index < -0.39 is 0 Å². The molecule has 0 aromatic heterocycles. The first kappa shape index (κ1) is 25.5. The maximum absolute atomic E-state index is 14.3. The molecular formula is C32H50O3. The van der Waals surface area contributed by atoms with E-state index in [-0.39, 0.29) is 39.7 Å². The van der Waals surface area contributed by atoms with Gasteiger partial charge in [0.2, 0.25) is 0 Å². The van der Waals surface area contributed by atoms with Crippen molar-refractivity contribution < 1.29 is 14.3 Å². The fourth-order valence-electron chi connectivity index (χ4n) is 10.7. The van der Waals surface area contributed by atoms with Gasteiger partial charge in [-0.3, -0.25) is 9.59 Å². The highest BCUT2D eigenvalue weighted by atomic mass is 16.5. The van der Waals surface area contributed by atoms with E-state index in [0.29, 0.717) is 28.4 Å². The van der Waals surface area contributed by atoms with Crippen LogP contribution in [0.25, 0.3) is 0 Å². The molecule has 5 rings (SSSR count). The zero-order valence-electron chi connectivity index (χ0n) is 24.0. The molecule has 8 unspecified atom stereocenters. The highest BCUT2D eigenvalue weighted by Crippen LogP contribution is 2.75. The third-order valence-electron chi connectivity index (χ3n) is 13.1. The Hall–Kier alpha value is -1.12. The van der Waals surface area contributed by atoms with Crippen LogP contribution < -0.4 is 0 Å². The highest BCUT2D eigenvalue weighted by molar-refractivity contribution is 5.95. The smallest absolute Gasteiger partial charge is 0.302 e. The fourth-order valence-corrected chi connectivity index (χ4v) is 10.7. The van der Waals surface area contributed by atoms with Gasteiger partial charge in [-0.05, 0) is 103 Å². The summed E-state index contributed by atoms with van der Waals surface area (Å²) in [6.45, 7) is 21.0. The van der Waals surface area contributed by atoms with Crippen LogP contribution in [0.4, 0.5) is 0 Å². The second-order valence-corrected chi connectivity index (χ2v) is 15.8. The Bertz CT molecular complexity index is 973. The predicted octanol–water partition coefficient (Wildman–Crippen LogP) is 7.92. The van der Waals surface area contributed by atoms with Crippen LogP contribution in [0.15, 0.2) is 11.6 Å². The normalized spacial score (nSPS) is 50.1. The van der Waals surface area contributed by atoms with Gasteiger partial charge < -0.3 is 4.74 Å². The number of hydrogen-bond acceptors (Lipinski definition) is 3. The summed E-state index contributed by atoms with van der Waals surface area (Å²) in [7, 11) is 0. The molecule has 0 radical (unpaired) electrons. The van der Waals surface area contributed by atoms with E-state index in [1.54, 1.807) is 0 Å². The summed E-state index contributed by atoms with van der Waals surface area (Å²) in [5.74, 6) is 1.32. The quantitative estimate of drug-likeness (QED) is 0.357. The highest BCUT2D eigenvalue weighted by Gasteiger charge is 2.69. The minimum Gasteiger partial charge on any atom is -0.462 e. The number of esters is 1. The first-order valence-electron chi connectivity index (χ1n) is 14.4. The van der Waals surface area contributed by atoms with Crippen LogP contribution in [0.5, 0.6) is 0 Å². The van der Waals surface area contributed by atoms with E-state index in [0.717, 1.165) is 25.7 Å². The molecule has 0 bridgehead atoms. The predicted molar refractivity (Wildman–Crippen MR) is 141 cm³/mol. The van der Waals surface area contributed by atoms with Crippen LogP contribution in [0, 0.1) is 50.2 Å². The maximum atomic E-state index is 14.3. The van der Waals surface area contributed by atoms with E-state index in [1.807, 2.05) is 0 Å². The standard InChI is InChI=1S/C32H50O3/c1-20(33)35-25-11-12-30(7)23(28(25,4)5)10-13-31(8)24(30)18-22(34)26-21-19-27(2,3)14-15-29(21,6)16-17-32(26,31)9/h18,21,23,25-26H,10-17,19H2,1-9H3. The average Bonchev–Trinajstić information content (AvgIpc) is 2.73. The molecule has 0 saturated heterocycles. The monoisotopic (exact) mass is 482 g/mol. The zero-order chi connectivity index (χ0) is 25.8. The molecule has 0 aromatic carbocycles. The van der Waals surface area contributed by atoms with Crippen molar-refractivity contribution in [3.63, 3.8) is 0 Å². The molecule has 3 nitrogen and oxygen atoms in total. The minimum atomic E-state index is -0.171. The van der Waals surface area contributed by atoms with Crippen LogP contribution in [0.2, 0.25) is 0 Å². The first-order chi connectivity index (χ1) is 16.0. The van der Waals surface area contributed by atoms with Gasteiger partial charge in [-0.1, -0.05) is 61.0 Å². The third-order valence-corrected chi connectivity index (χ3v) is 13.1. The molecule has 0 amide bonds. The summed E-state index contributed by atoms with van der Waals surface area (Å²) in [5, 5.41) is 0. The Morgan fingerprint density at radius 1 is 0.886 bits per heavy atom. The largest absolute Gasteiger partial charge is 0.462 e. The van der Waals surface area contributed by atoms with E-state index in [9.17, 15) is 9.59 Å². The van der Waals surface area contributed by atoms with E-state index >= 15 is 0 Å². The summed E-state index contributed by atoms with van der Waals surface area (Å²) < 4.78 is 5.85. The summed E-state index contributed by atoms with van der Waals surface area (Å²) in [4.78, 5) is 26.2. The van der Waals surface area contributed by atoms with Crippen LogP contribution in [-0.4, -0.2) is 17.9 Å². The number of ether oxygens (including phenoxy) is 1. The Morgan fingerprint density at radius 2 is 1.54 bits per heavy atom. The van der Waals surface area contributed by atoms with Gasteiger partial charge in [0.15, 0.2) is 5.78 Å². The summed E-state index contributed by atoms with van der Waals surface area (Å²) >= 11 is 0. The van der Waals surface area contributed by atoms with Gasteiger partial charge in [-0.2, -0.15) is 0 Å². The van der Waals surface area contributed by atoms with Crippen LogP contribution in [0.3, 0.4) is 0 Å². The topological polar surface area (TPSA) is 43.4 Å². The molecule has 35 heavy (non-hydrogen) atoms. The summed E-state index contributed by atoms with van der Waals surface area (Å²) in [6, 6.07) is 0. The number of ketones is 1. The number of hydrogen-bond donors (Lipinski definition) is 0. The fraction of sp³-hybridized carbons (Fsp3) is 0.875. The lowest BCUT2D eigenvalue weighted by Gasteiger charge is -2.70. The number of rotatable bonds is 1. The van der Waals surface area contributed by atoms with Crippen LogP contribution in [0.1, 0.15) is 120 Å². The van der Waals surface area contributed by atoms with Gasteiger partial charge in [0.1, 0.15) is 6.10 Å². The van der Waals surface area contributed by atoms with Crippen molar-refractivity contribution in [1.82, 2.24) is 0 Å². The minimum absolute atomic E-state index is 0.0105. The number of fused-ring (bicyclic) bond motifs is 7. The molecule has 0 heterocycles. The van der Waals surface area contributed by atoms with Crippen molar-refractivity contribution in [2.45, 2.75) is 126 Å². The van der Waals surface area contributed by atoms with Crippen molar-refractivity contribution >= 4 is 11.8 Å². The van der Waals surface area contributed by atoms with Gasteiger partial charge in [-0.25, -0.2) is 0 Å². The van der Waals surface area contributed by atoms with Gasteiger partial charge >= 0.3 is 5.97 Å². The first-order valence-corrected chi connectivity index (χ1v) is 14.4. The van der Waals surface area contributed by atoms with Crippen molar-refractivity contribution in [1.29, 1.82) is 0 Å². The van der Waals surface area contributed by atoms with Crippen molar-refractivity contribution in [3.05, 3.63) is 11.6 Å². The summed E-state index contributed by atoms with van der Waals surface area (Å²) in [6.07, 6.45) is 12.5. The number of allylic oxidation sites excluding steroid dienone is 2. The zero-order valence-corrected chi connectivity index (χ0v) is 24.0. The number of carbonyl (C=O) groups is 2. The molecule has 196 valence electrons. The summed E-state index contributed by atoms with van der Waals surface area (Å²) in [5.41, 5.74) is 2.06. The van der Waals surface area contributed by atoms with Gasteiger partial charge in [0, 0.05) is 18.3 Å². The molecule has 0 aliphatic heterocycles. The molecule has 5 aliphatic rings. The van der Waals surface area contributed by atoms with E-state index in [2.05, 4.69) is 61.5 Å². The van der Waals surface area contributed by atoms with Crippen molar-refractivity contribution in [3.8, 4) is 0 Å². The lowest BCUT2D eigenvalue weighted by molar-refractivity contribution is -0.185. The SMILES string of the molecule is CC(=O)OC1CCC2(C)C3=CC(=O)C4C5CC(C)(C)CCC5(C)CCC4(C)C3(C)CCC2C1(C)C. The van der Waals surface area contributed by atoms with Crippen molar-refractivity contribution in [2.75, 3.05) is 0 Å². The Labute approximate surface area is 214 Å². The molecule has 0 spiro atoms. The molecule has 5 aliphatic carbocycles. The molecule has 3 heteroatoms. The maximum Gasteiger partial charge on any atom is 0.302 e. The van der Waals surface area contributed by atoms with Gasteiger partial charge in [-0.15, -0.1) is 0 Å². The Morgan fingerprint density at radius 3 is 2.20 bits per heavy atom. The van der Waals surface area contributed by atoms with Gasteiger partial charge in [0.05, 0.1) is 0 Å². The third kappa shape index (κ3) is 3.34. The second-order valence-electron chi connectivity index (χ2n) is 15.8. The van der Waals surface area contributed by atoms with Crippen LogP contribution in [-0.2, 0) is 14.3 Å². The van der Waals surface area contributed by atoms with Crippen LogP contribution >= 0.6 is 0 Å². The molecule has 4 saturated carbocycles. The Balaban J connectivity index is 1.58. The second kappa shape index (κ2) is 7.47. The molecule has 0 aromatic rings. The van der Waals surface area contributed by atoms with E-state index in [1.165, 1.54) is 44.6 Å². The molecular weight excluding hydrogens is 432 g/mol. The average molecular weight is 483 g/mol. The Kier molecular flexibility index (Phi) is 5.45.